The molecular weight excluding hydrogens is 308 g/mol. The van der Waals surface area contributed by atoms with Gasteiger partial charge >= 0.3 is 6.03 Å². The number of rotatable bonds is 6. The van der Waals surface area contributed by atoms with Gasteiger partial charge in [-0.1, -0.05) is 18.2 Å². The zero-order valence-electron chi connectivity index (χ0n) is 13.1. The summed E-state index contributed by atoms with van der Waals surface area (Å²) >= 11 is 1.71. The van der Waals surface area contributed by atoms with Crippen LogP contribution in [0.1, 0.15) is 30.6 Å². The maximum atomic E-state index is 12.1. The predicted molar refractivity (Wildman–Crippen MR) is 94.4 cm³/mol. The second kappa shape index (κ2) is 8.02. The third kappa shape index (κ3) is 4.73. The molecule has 0 bridgehead atoms. The lowest BCUT2D eigenvalue weighted by atomic mass is 10.2. The van der Waals surface area contributed by atoms with Crippen LogP contribution in [0.15, 0.2) is 41.8 Å². The minimum atomic E-state index is -0.191. The van der Waals surface area contributed by atoms with Crippen LogP contribution in [-0.2, 0) is 6.42 Å². The van der Waals surface area contributed by atoms with E-state index >= 15 is 0 Å². The molecule has 0 saturated heterocycles. The van der Waals surface area contributed by atoms with Gasteiger partial charge in [-0.15, -0.1) is 11.3 Å². The van der Waals surface area contributed by atoms with Crippen molar-refractivity contribution in [3.63, 3.8) is 0 Å². The van der Waals surface area contributed by atoms with Gasteiger partial charge in [0.1, 0.15) is 5.75 Å². The summed E-state index contributed by atoms with van der Waals surface area (Å²) in [4.78, 5) is 13.3. The van der Waals surface area contributed by atoms with E-state index in [9.17, 15) is 4.79 Å². The molecule has 122 valence electrons. The number of anilines is 1. The summed E-state index contributed by atoms with van der Waals surface area (Å²) in [7, 11) is 0. The molecule has 0 unspecified atom stereocenters. The molecule has 1 aromatic carbocycles. The number of thiophene rings is 1. The van der Waals surface area contributed by atoms with Crippen LogP contribution >= 0.6 is 11.3 Å². The second-order valence-corrected chi connectivity index (χ2v) is 6.76. The minimum Gasteiger partial charge on any atom is -0.488 e. The molecule has 0 spiro atoms. The van der Waals surface area contributed by atoms with Gasteiger partial charge in [-0.05, 0) is 55.7 Å². The number of urea groups is 1. The van der Waals surface area contributed by atoms with Crippen molar-refractivity contribution in [2.45, 2.75) is 38.2 Å². The van der Waals surface area contributed by atoms with Crippen LogP contribution < -0.4 is 15.4 Å². The van der Waals surface area contributed by atoms with E-state index in [1.807, 2.05) is 35.7 Å². The maximum Gasteiger partial charge on any atom is 0.319 e. The highest BCUT2D eigenvalue weighted by molar-refractivity contribution is 7.09. The van der Waals surface area contributed by atoms with Crippen LogP contribution in [0.25, 0.3) is 0 Å². The van der Waals surface area contributed by atoms with Gasteiger partial charge in [0, 0.05) is 11.4 Å². The topological polar surface area (TPSA) is 50.4 Å². The molecule has 0 radical (unpaired) electrons. The average molecular weight is 330 g/mol. The Kier molecular flexibility index (Phi) is 5.53. The zero-order chi connectivity index (χ0) is 15.9. The van der Waals surface area contributed by atoms with E-state index in [1.54, 1.807) is 11.3 Å². The van der Waals surface area contributed by atoms with E-state index in [4.69, 9.17) is 4.74 Å². The summed E-state index contributed by atoms with van der Waals surface area (Å²) in [6, 6.07) is 11.5. The lowest BCUT2D eigenvalue weighted by Crippen LogP contribution is -2.30. The summed E-state index contributed by atoms with van der Waals surface area (Å²) in [6.07, 6.45) is 5.78. The Morgan fingerprint density at radius 3 is 2.78 bits per heavy atom. The third-order valence-corrected chi connectivity index (χ3v) is 4.90. The van der Waals surface area contributed by atoms with Crippen molar-refractivity contribution >= 4 is 23.1 Å². The van der Waals surface area contributed by atoms with Crippen molar-refractivity contribution < 1.29 is 9.53 Å². The Hall–Kier alpha value is -2.01. The first kappa shape index (κ1) is 15.9. The molecule has 0 aliphatic heterocycles. The molecule has 4 nitrogen and oxygen atoms in total. The minimum absolute atomic E-state index is 0.191. The van der Waals surface area contributed by atoms with Crippen LogP contribution in [-0.4, -0.2) is 18.7 Å². The molecule has 1 aromatic heterocycles. The fourth-order valence-corrected chi connectivity index (χ4v) is 3.49. The number of amides is 2. The van der Waals surface area contributed by atoms with Gasteiger partial charge in [-0.2, -0.15) is 0 Å². The number of ether oxygens (including phenoxy) is 1. The summed E-state index contributed by atoms with van der Waals surface area (Å²) < 4.78 is 6.03. The first-order valence-electron chi connectivity index (χ1n) is 8.14. The van der Waals surface area contributed by atoms with Crippen LogP contribution in [0.2, 0.25) is 0 Å². The molecule has 1 heterocycles. The van der Waals surface area contributed by atoms with Gasteiger partial charge in [0.15, 0.2) is 0 Å². The summed E-state index contributed by atoms with van der Waals surface area (Å²) in [5.74, 6) is 0.757. The maximum absolute atomic E-state index is 12.1. The number of benzene rings is 1. The van der Waals surface area contributed by atoms with E-state index < -0.39 is 0 Å². The van der Waals surface area contributed by atoms with E-state index in [1.165, 1.54) is 17.7 Å². The molecule has 3 rings (SSSR count). The van der Waals surface area contributed by atoms with Gasteiger partial charge < -0.3 is 15.4 Å². The van der Waals surface area contributed by atoms with Crippen LogP contribution in [0.5, 0.6) is 5.75 Å². The summed E-state index contributed by atoms with van der Waals surface area (Å²) in [6.45, 7) is 0.623. The van der Waals surface area contributed by atoms with Crippen molar-refractivity contribution in [2.24, 2.45) is 0 Å². The number of carbonyl (C=O) groups excluding carboxylic acids is 1. The van der Waals surface area contributed by atoms with Gasteiger partial charge in [-0.3, -0.25) is 0 Å². The van der Waals surface area contributed by atoms with E-state index in [-0.39, 0.29) is 12.1 Å². The standard InChI is InChI=1S/C18H22N2O2S/c21-18(19-12-11-15-8-5-13-23-15)20-16-9-3-4-10-17(16)22-14-6-1-2-7-14/h3-5,8-10,13-14H,1-2,6-7,11-12H2,(H2,19,20,21). The largest absolute Gasteiger partial charge is 0.488 e. The molecule has 23 heavy (non-hydrogen) atoms. The molecule has 2 aromatic rings. The van der Waals surface area contributed by atoms with E-state index in [0.717, 1.165) is 30.7 Å². The average Bonchev–Trinajstić information content (AvgIpc) is 3.23. The Labute approximate surface area is 140 Å². The second-order valence-electron chi connectivity index (χ2n) is 5.73. The Morgan fingerprint density at radius 2 is 2.00 bits per heavy atom. The highest BCUT2D eigenvalue weighted by Gasteiger charge is 2.18. The van der Waals surface area contributed by atoms with Crippen molar-refractivity contribution in [1.82, 2.24) is 5.32 Å². The molecule has 0 atom stereocenters. The normalized spacial score (nSPS) is 14.6. The molecule has 2 N–H and O–H groups in total. The van der Waals surface area contributed by atoms with Crippen LogP contribution in [0.3, 0.4) is 0 Å². The Bertz CT molecular complexity index is 622. The molecule has 1 fully saturated rings. The van der Waals surface area contributed by atoms with Gasteiger partial charge in [0.2, 0.25) is 0 Å². The Morgan fingerprint density at radius 1 is 1.17 bits per heavy atom. The SMILES string of the molecule is O=C(NCCc1cccs1)Nc1ccccc1OC1CCCC1. The van der Waals surface area contributed by atoms with Gasteiger partial charge in [0.25, 0.3) is 0 Å². The van der Waals surface area contributed by atoms with Gasteiger partial charge in [0.05, 0.1) is 11.8 Å². The molecule has 1 aliphatic rings. The fraction of sp³-hybridized carbons (Fsp3) is 0.389. The monoisotopic (exact) mass is 330 g/mol. The van der Waals surface area contributed by atoms with Crippen molar-refractivity contribution in [3.05, 3.63) is 46.7 Å². The lowest BCUT2D eigenvalue weighted by molar-refractivity contribution is 0.211. The third-order valence-electron chi connectivity index (χ3n) is 3.97. The van der Waals surface area contributed by atoms with Crippen molar-refractivity contribution in [2.75, 3.05) is 11.9 Å². The van der Waals surface area contributed by atoms with Crippen molar-refractivity contribution in [1.29, 1.82) is 0 Å². The number of hydrogen-bond acceptors (Lipinski definition) is 3. The number of nitrogens with one attached hydrogen (secondary N) is 2. The molecular formula is C18H22N2O2S. The van der Waals surface area contributed by atoms with Crippen LogP contribution in [0.4, 0.5) is 10.5 Å². The molecule has 2 amide bonds. The van der Waals surface area contributed by atoms with E-state index in [2.05, 4.69) is 16.7 Å². The highest BCUT2D eigenvalue weighted by Crippen LogP contribution is 2.29. The molecule has 5 heteroatoms. The van der Waals surface area contributed by atoms with Crippen LogP contribution in [0, 0.1) is 0 Å². The molecule has 1 aliphatic carbocycles. The van der Waals surface area contributed by atoms with Gasteiger partial charge in [-0.25, -0.2) is 4.79 Å². The predicted octanol–water partition coefficient (Wildman–Crippen LogP) is 4.43. The Balaban J connectivity index is 1.51. The molecule has 1 saturated carbocycles. The zero-order valence-corrected chi connectivity index (χ0v) is 13.9. The summed E-state index contributed by atoms with van der Waals surface area (Å²) in [5, 5.41) is 7.83. The highest BCUT2D eigenvalue weighted by atomic mass is 32.1. The number of carbonyl (C=O) groups is 1. The smallest absolute Gasteiger partial charge is 0.319 e. The fourth-order valence-electron chi connectivity index (χ4n) is 2.78. The first-order valence-corrected chi connectivity index (χ1v) is 9.02. The first-order chi connectivity index (χ1) is 11.3. The van der Waals surface area contributed by atoms with E-state index in [0.29, 0.717) is 6.54 Å². The van der Waals surface area contributed by atoms with Crippen molar-refractivity contribution in [3.8, 4) is 5.75 Å². The summed E-state index contributed by atoms with van der Waals surface area (Å²) in [5.41, 5.74) is 0.730. The number of hydrogen-bond donors (Lipinski definition) is 2. The lowest BCUT2D eigenvalue weighted by Gasteiger charge is -2.17. The number of para-hydroxylation sites is 2. The quantitative estimate of drug-likeness (QED) is 0.823.